The van der Waals surface area contributed by atoms with Crippen molar-refractivity contribution in [3.05, 3.63) is 0 Å². The molecule has 0 aromatic heterocycles. The molecule has 1 atom stereocenters. The molecule has 1 aliphatic rings. The summed E-state index contributed by atoms with van der Waals surface area (Å²) < 4.78 is 5.40. The quantitative estimate of drug-likeness (QED) is 0.661. The zero-order chi connectivity index (χ0) is 10.4. The molecule has 0 radical (unpaired) electrons. The topological polar surface area (TPSA) is 55.4 Å². The number of carbonyl (C=O) groups excluding carboxylic acids is 2. The lowest BCUT2D eigenvalue weighted by Gasteiger charge is -2.09. The first-order chi connectivity index (χ1) is 6.68. The largest absolute Gasteiger partial charge is 0.378 e. The highest BCUT2D eigenvalue weighted by Gasteiger charge is 2.15. The van der Waals surface area contributed by atoms with Gasteiger partial charge in [-0.2, -0.15) is 0 Å². The van der Waals surface area contributed by atoms with E-state index in [1.807, 2.05) is 0 Å². The van der Waals surface area contributed by atoms with Crippen LogP contribution >= 0.6 is 0 Å². The van der Waals surface area contributed by atoms with Gasteiger partial charge in [0.05, 0.1) is 12.5 Å². The standard InChI is InChI=1S/C10H17NO3/c1-8(12)7-10(13)11-5-4-9-3-2-6-14-9/h9H,2-7H2,1H3,(H,11,13). The van der Waals surface area contributed by atoms with E-state index < -0.39 is 0 Å². The van der Waals surface area contributed by atoms with Gasteiger partial charge in [-0.3, -0.25) is 9.59 Å². The third kappa shape index (κ3) is 4.37. The van der Waals surface area contributed by atoms with Gasteiger partial charge in [0, 0.05) is 13.2 Å². The fraction of sp³-hybridized carbons (Fsp3) is 0.800. The van der Waals surface area contributed by atoms with Crippen molar-refractivity contribution >= 4 is 11.7 Å². The van der Waals surface area contributed by atoms with Crippen LogP contribution in [-0.2, 0) is 14.3 Å². The van der Waals surface area contributed by atoms with Gasteiger partial charge in [0.2, 0.25) is 5.91 Å². The van der Waals surface area contributed by atoms with E-state index in [1.165, 1.54) is 6.92 Å². The summed E-state index contributed by atoms with van der Waals surface area (Å²) in [7, 11) is 0. The van der Waals surface area contributed by atoms with E-state index in [9.17, 15) is 9.59 Å². The Morgan fingerprint density at radius 3 is 2.86 bits per heavy atom. The number of hydrogen-bond acceptors (Lipinski definition) is 3. The Hall–Kier alpha value is -0.900. The van der Waals surface area contributed by atoms with Crippen LogP contribution in [0, 0.1) is 0 Å². The molecule has 1 N–H and O–H groups in total. The number of hydrogen-bond donors (Lipinski definition) is 1. The normalized spacial score (nSPS) is 20.8. The maximum atomic E-state index is 11.1. The minimum Gasteiger partial charge on any atom is -0.378 e. The second-order valence-corrected chi connectivity index (χ2v) is 3.65. The Balaban J connectivity index is 2.02. The van der Waals surface area contributed by atoms with Crippen molar-refractivity contribution in [1.82, 2.24) is 5.32 Å². The third-order valence-corrected chi connectivity index (χ3v) is 2.22. The van der Waals surface area contributed by atoms with Crippen LogP contribution < -0.4 is 5.32 Å². The fourth-order valence-electron chi connectivity index (χ4n) is 1.53. The molecule has 1 heterocycles. The monoisotopic (exact) mass is 199 g/mol. The zero-order valence-corrected chi connectivity index (χ0v) is 8.54. The van der Waals surface area contributed by atoms with E-state index >= 15 is 0 Å². The molecule has 1 saturated heterocycles. The summed E-state index contributed by atoms with van der Waals surface area (Å²) in [5.74, 6) is -0.282. The number of rotatable bonds is 5. The van der Waals surface area contributed by atoms with Crippen LogP contribution in [0.2, 0.25) is 0 Å². The molecule has 0 saturated carbocycles. The van der Waals surface area contributed by atoms with E-state index in [1.54, 1.807) is 0 Å². The molecule has 4 nitrogen and oxygen atoms in total. The van der Waals surface area contributed by atoms with Gasteiger partial charge in [0.25, 0.3) is 0 Å². The number of Topliss-reactive ketones (excluding diaryl/α,β-unsaturated/α-hetero) is 1. The van der Waals surface area contributed by atoms with Crippen molar-refractivity contribution in [1.29, 1.82) is 0 Å². The van der Waals surface area contributed by atoms with Crippen molar-refractivity contribution in [3.8, 4) is 0 Å². The van der Waals surface area contributed by atoms with Crippen molar-refractivity contribution in [3.63, 3.8) is 0 Å². The maximum absolute atomic E-state index is 11.1. The van der Waals surface area contributed by atoms with Crippen molar-refractivity contribution < 1.29 is 14.3 Å². The van der Waals surface area contributed by atoms with Crippen LogP contribution in [0.5, 0.6) is 0 Å². The summed E-state index contributed by atoms with van der Waals surface area (Å²) >= 11 is 0. The van der Waals surface area contributed by atoms with Gasteiger partial charge in [0.1, 0.15) is 5.78 Å². The van der Waals surface area contributed by atoms with Crippen molar-refractivity contribution in [2.45, 2.75) is 38.7 Å². The first-order valence-electron chi connectivity index (χ1n) is 5.06. The van der Waals surface area contributed by atoms with Crippen LogP contribution in [0.1, 0.15) is 32.6 Å². The van der Waals surface area contributed by atoms with Gasteiger partial charge < -0.3 is 10.1 Å². The second kappa shape index (κ2) is 5.75. The van der Waals surface area contributed by atoms with E-state index in [-0.39, 0.29) is 18.1 Å². The predicted molar refractivity (Wildman–Crippen MR) is 51.9 cm³/mol. The van der Waals surface area contributed by atoms with E-state index in [2.05, 4.69) is 5.32 Å². The highest BCUT2D eigenvalue weighted by atomic mass is 16.5. The van der Waals surface area contributed by atoms with Crippen LogP contribution in [0.15, 0.2) is 0 Å². The summed E-state index contributed by atoms with van der Waals surface area (Å²) in [6, 6.07) is 0. The maximum Gasteiger partial charge on any atom is 0.227 e. The van der Waals surface area contributed by atoms with E-state index in [0.29, 0.717) is 12.6 Å². The number of carbonyl (C=O) groups is 2. The Kier molecular flexibility index (Phi) is 4.59. The Morgan fingerprint density at radius 2 is 2.29 bits per heavy atom. The lowest BCUT2D eigenvalue weighted by atomic mass is 10.2. The second-order valence-electron chi connectivity index (χ2n) is 3.65. The lowest BCUT2D eigenvalue weighted by molar-refractivity contribution is -0.127. The summed E-state index contributed by atoms with van der Waals surface area (Å²) in [6.07, 6.45) is 3.34. The molecular weight excluding hydrogens is 182 g/mol. The average Bonchev–Trinajstić information content (AvgIpc) is 2.55. The molecule has 0 bridgehead atoms. The van der Waals surface area contributed by atoms with Gasteiger partial charge in [-0.25, -0.2) is 0 Å². The molecule has 1 amide bonds. The Bertz CT molecular complexity index is 209. The first-order valence-corrected chi connectivity index (χ1v) is 5.06. The smallest absolute Gasteiger partial charge is 0.227 e. The molecular formula is C10H17NO3. The van der Waals surface area contributed by atoms with Crippen molar-refractivity contribution in [2.75, 3.05) is 13.2 Å². The van der Waals surface area contributed by atoms with Crippen LogP contribution in [-0.4, -0.2) is 30.9 Å². The van der Waals surface area contributed by atoms with Crippen LogP contribution in [0.4, 0.5) is 0 Å². The van der Waals surface area contributed by atoms with Crippen molar-refractivity contribution in [2.24, 2.45) is 0 Å². The molecule has 1 aliphatic heterocycles. The van der Waals surface area contributed by atoms with Gasteiger partial charge in [-0.05, 0) is 26.2 Å². The SMILES string of the molecule is CC(=O)CC(=O)NCCC1CCCO1. The molecule has 1 rings (SSSR count). The van der Waals surface area contributed by atoms with E-state index in [4.69, 9.17) is 4.74 Å². The zero-order valence-electron chi connectivity index (χ0n) is 8.54. The predicted octanol–water partition coefficient (Wildman–Crippen LogP) is 0.651. The average molecular weight is 199 g/mol. The van der Waals surface area contributed by atoms with Crippen LogP contribution in [0.3, 0.4) is 0 Å². The lowest BCUT2D eigenvalue weighted by Crippen LogP contribution is -2.28. The van der Waals surface area contributed by atoms with Crippen LogP contribution in [0.25, 0.3) is 0 Å². The number of nitrogens with one attached hydrogen (secondary N) is 1. The molecule has 14 heavy (non-hydrogen) atoms. The highest BCUT2D eigenvalue weighted by Crippen LogP contribution is 2.14. The molecule has 80 valence electrons. The summed E-state index contributed by atoms with van der Waals surface area (Å²) in [4.78, 5) is 21.6. The van der Waals surface area contributed by atoms with Gasteiger partial charge in [0.15, 0.2) is 0 Å². The van der Waals surface area contributed by atoms with E-state index in [0.717, 1.165) is 25.9 Å². The molecule has 1 unspecified atom stereocenters. The fourth-order valence-corrected chi connectivity index (χ4v) is 1.53. The molecule has 1 fully saturated rings. The Labute approximate surface area is 84.0 Å². The molecule has 0 spiro atoms. The van der Waals surface area contributed by atoms with Gasteiger partial charge in [-0.15, -0.1) is 0 Å². The molecule has 0 aliphatic carbocycles. The minimum absolute atomic E-state index is 0.00841. The molecule has 0 aromatic rings. The summed E-state index contributed by atoms with van der Waals surface area (Å²) in [5.41, 5.74) is 0. The number of ketones is 1. The first kappa shape index (κ1) is 11.2. The highest BCUT2D eigenvalue weighted by molar-refractivity contribution is 5.96. The third-order valence-electron chi connectivity index (χ3n) is 2.22. The number of amides is 1. The Morgan fingerprint density at radius 1 is 1.50 bits per heavy atom. The van der Waals surface area contributed by atoms with Gasteiger partial charge in [-0.1, -0.05) is 0 Å². The molecule has 0 aromatic carbocycles. The summed E-state index contributed by atoms with van der Waals surface area (Å²) in [5, 5.41) is 2.70. The summed E-state index contributed by atoms with van der Waals surface area (Å²) in [6.45, 7) is 2.86. The number of ether oxygens (including phenoxy) is 1. The van der Waals surface area contributed by atoms with Gasteiger partial charge >= 0.3 is 0 Å². The minimum atomic E-state index is -0.185. The molecule has 4 heteroatoms.